The van der Waals surface area contributed by atoms with Crippen molar-refractivity contribution < 1.29 is 14.3 Å². The molecule has 0 bridgehead atoms. The molecule has 0 radical (unpaired) electrons. The van der Waals surface area contributed by atoms with E-state index >= 15 is 0 Å². The lowest BCUT2D eigenvalue weighted by molar-refractivity contribution is -0.130. The van der Waals surface area contributed by atoms with Gasteiger partial charge in [0.1, 0.15) is 5.60 Å². The molecule has 102 valence electrons. The van der Waals surface area contributed by atoms with Crippen LogP contribution in [0.1, 0.15) is 40.0 Å². The van der Waals surface area contributed by atoms with Gasteiger partial charge in [0.25, 0.3) is 0 Å². The van der Waals surface area contributed by atoms with Crippen LogP contribution in [0.15, 0.2) is 0 Å². The lowest BCUT2D eigenvalue weighted by Gasteiger charge is -2.28. The molecule has 2 rings (SSSR count). The highest BCUT2D eigenvalue weighted by Gasteiger charge is 2.35. The molecule has 2 fully saturated rings. The Hall–Kier alpha value is -1.26. The summed E-state index contributed by atoms with van der Waals surface area (Å²) in [6.45, 7) is 7.49. The quantitative estimate of drug-likeness (QED) is 0.660. The molecule has 1 atom stereocenters. The lowest BCUT2D eigenvalue weighted by Crippen LogP contribution is -2.42. The van der Waals surface area contributed by atoms with E-state index in [0.29, 0.717) is 19.5 Å². The van der Waals surface area contributed by atoms with E-state index in [2.05, 4.69) is 0 Å². The van der Waals surface area contributed by atoms with Crippen LogP contribution in [0.25, 0.3) is 0 Å². The fourth-order valence-corrected chi connectivity index (χ4v) is 2.57. The van der Waals surface area contributed by atoms with Gasteiger partial charge >= 0.3 is 6.09 Å². The molecule has 2 aliphatic heterocycles. The van der Waals surface area contributed by atoms with Gasteiger partial charge in [0, 0.05) is 32.1 Å². The highest BCUT2D eigenvalue weighted by Crippen LogP contribution is 2.23. The second kappa shape index (κ2) is 4.78. The predicted molar refractivity (Wildman–Crippen MR) is 67.2 cm³/mol. The summed E-state index contributed by atoms with van der Waals surface area (Å²) >= 11 is 0. The Morgan fingerprint density at radius 2 is 2.06 bits per heavy atom. The van der Waals surface area contributed by atoms with Crippen LogP contribution in [0, 0.1) is 0 Å². The van der Waals surface area contributed by atoms with Gasteiger partial charge in [-0.05, 0) is 33.6 Å². The van der Waals surface area contributed by atoms with Crippen LogP contribution in [-0.4, -0.2) is 53.1 Å². The van der Waals surface area contributed by atoms with Gasteiger partial charge in [0.2, 0.25) is 5.91 Å². The molecule has 0 aromatic heterocycles. The number of ether oxygens (including phenoxy) is 1. The average Bonchev–Trinajstić information content (AvgIpc) is 2.63. The molecule has 5 nitrogen and oxygen atoms in total. The molecular weight excluding hydrogens is 232 g/mol. The van der Waals surface area contributed by atoms with E-state index in [0.717, 1.165) is 19.4 Å². The topological polar surface area (TPSA) is 49.9 Å². The third-order valence-electron chi connectivity index (χ3n) is 3.38. The fraction of sp³-hybridized carbons (Fsp3) is 0.846. The van der Waals surface area contributed by atoms with Crippen LogP contribution in [0.4, 0.5) is 4.79 Å². The first kappa shape index (κ1) is 13.2. The molecule has 2 heterocycles. The number of fused-ring (bicyclic) bond motifs is 1. The van der Waals surface area contributed by atoms with Crippen molar-refractivity contribution >= 4 is 12.0 Å². The van der Waals surface area contributed by atoms with Crippen LogP contribution >= 0.6 is 0 Å². The minimum Gasteiger partial charge on any atom is -0.444 e. The first-order valence-corrected chi connectivity index (χ1v) is 6.64. The van der Waals surface area contributed by atoms with Crippen LogP contribution in [0.3, 0.4) is 0 Å². The van der Waals surface area contributed by atoms with Gasteiger partial charge in [0.15, 0.2) is 0 Å². The SMILES string of the molecule is CC(C)(C)OC(=O)N1CCC(=O)N2CCCC2C1. The Morgan fingerprint density at radius 3 is 2.72 bits per heavy atom. The number of hydrogen-bond acceptors (Lipinski definition) is 3. The van der Waals surface area contributed by atoms with Crippen LogP contribution in [-0.2, 0) is 9.53 Å². The van der Waals surface area contributed by atoms with E-state index < -0.39 is 5.60 Å². The maximum absolute atomic E-state index is 12.0. The van der Waals surface area contributed by atoms with Crippen LogP contribution in [0.2, 0.25) is 0 Å². The maximum atomic E-state index is 12.0. The molecular formula is C13H22N2O3. The lowest BCUT2D eigenvalue weighted by atomic mass is 10.2. The van der Waals surface area contributed by atoms with Crippen molar-refractivity contribution in [2.45, 2.75) is 51.7 Å². The standard InChI is InChI=1S/C13H22N2O3/c1-13(2,3)18-12(17)14-8-6-11(16)15-7-4-5-10(15)9-14/h10H,4-9H2,1-3H3. The largest absolute Gasteiger partial charge is 0.444 e. The molecule has 2 amide bonds. The molecule has 18 heavy (non-hydrogen) atoms. The summed E-state index contributed by atoms with van der Waals surface area (Å²) in [5.41, 5.74) is -0.483. The third kappa shape index (κ3) is 2.94. The predicted octanol–water partition coefficient (Wildman–Crippen LogP) is 1.62. The molecule has 5 heteroatoms. The normalized spacial score (nSPS) is 24.8. The number of nitrogens with zero attached hydrogens (tertiary/aromatic N) is 2. The van der Waals surface area contributed by atoms with Gasteiger partial charge in [0.05, 0.1) is 0 Å². The van der Waals surface area contributed by atoms with Crippen molar-refractivity contribution in [1.29, 1.82) is 0 Å². The zero-order valence-corrected chi connectivity index (χ0v) is 11.4. The summed E-state index contributed by atoms with van der Waals surface area (Å²) in [5, 5.41) is 0. The molecule has 0 saturated carbocycles. The first-order chi connectivity index (χ1) is 8.37. The molecule has 2 aliphatic rings. The number of carbonyl (C=O) groups excluding carboxylic acids is 2. The van der Waals surface area contributed by atoms with E-state index in [1.54, 1.807) is 4.90 Å². The molecule has 1 unspecified atom stereocenters. The number of carbonyl (C=O) groups is 2. The second-order valence-electron chi connectivity index (χ2n) is 6.06. The molecule has 0 aliphatic carbocycles. The highest BCUT2D eigenvalue weighted by atomic mass is 16.6. The van der Waals surface area contributed by atoms with E-state index in [9.17, 15) is 9.59 Å². The monoisotopic (exact) mass is 254 g/mol. The molecule has 0 N–H and O–H groups in total. The van der Waals surface area contributed by atoms with Crippen LogP contribution < -0.4 is 0 Å². The van der Waals surface area contributed by atoms with E-state index in [-0.39, 0.29) is 18.0 Å². The summed E-state index contributed by atoms with van der Waals surface area (Å²) in [6, 6.07) is 0.188. The van der Waals surface area contributed by atoms with E-state index in [4.69, 9.17) is 4.74 Å². The summed E-state index contributed by atoms with van der Waals surface area (Å²) < 4.78 is 5.37. The Kier molecular flexibility index (Phi) is 3.50. The Morgan fingerprint density at radius 1 is 1.33 bits per heavy atom. The minimum atomic E-state index is -0.483. The van der Waals surface area contributed by atoms with Crippen molar-refractivity contribution in [1.82, 2.24) is 9.80 Å². The summed E-state index contributed by atoms with van der Waals surface area (Å²) in [7, 11) is 0. The molecule has 0 aromatic carbocycles. The maximum Gasteiger partial charge on any atom is 0.410 e. The summed E-state index contributed by atoms with van der Waals surface area (Å²) in [4.78, 5) is 27.5. The van der Waals surface area contributed by atoms with Gasteiger partial charge in [-0.25, -0.2) is 4.79 Å². The Labute approximate surface area is 108 Å². The van der Waals surface area contributed by atoms with Gasteiger partial charge in [-0.2, -0.15) is 0 Å². The van der Waals surface area contributed by atoms with E-state index in [1.807, 2.05) is 25.7 Å². The summed E-state index contributed by atoms with van der Waals surface area (Å²) in [5.74, 6) is 0.170. The van der Waals surface area contributed by atoms with Gasteiger partial charge < -0.3 is 14.5 Å². The van der Waals surface area contributed by atoms with Gasteiger partial charge in [-0.3, -0.25) is 4.79 Å². The van der Waals surface area contributed by atoms with E-state index in [1.165, 1.54) is 0 Å². The van der Waals surface area contributed by atoms with Crippen molar-refractivity contribution in [3.05, 3.63) is 0 Å². The molecule has 0 aromatic rings. The average molecular weight is 254 g/mol. The zero-order valence-electron chi connectivity index (χ0n) is 11.4. The zero-order chi connectivity index (χ0) is 13.3. The second-order valence-corrected chi connectivity index (χ2v) is 6.06. The smallest absolute Gasteiger partial charge is 0.410 e. The van der Waals surface area contributed by atoms with Crippen molar-refractivity contribution in [3.63, 3.8) is 0 Å². The number of amides is 2. The highest BCUT2D eigenvalue weighted by molar-refractivity contribution is 5.78. The first-order valence-electron chi connectivity index (χ1n) is 6.64. The van der Waals surface area contributed by atoms with Crippen molar-refractivity contribution in [3.8, 4) is 0 Å². The third-order valence-corrected chi connectivity index (χ3v) is 3.38. The van der Waals surface area contributed by atoms with Crippen molar-refractivity contribution in [2.75, 3.05) is 19.6 Å². The molecule has 0 spiro atoms. The summed E-state index contributed by atoms with van der Waals surface area (Å²) in [6.07, 6.45) is 2.14. The number of hydrogen-bond donors (Lipinski definition) is 0. The van der Waals surface area contributed by atoms with Crippen LogP contribution in [0.5, 0.6) is 0 Å². The molecule has 2 saturated heterocycles. The Bertz CT molecular complexity index is 349. The number of rotatable bonds is 0. The van der Waals surface area contributed by atoms with Gasteiger partial charge in [-0.1, -0.05) is 0 Å². The van der Waals surface area contributed by atoms with Crippen molar-refractivity contribution in [2.24, 2.45) is 0 Å². The minimum absolute atomic E-state index is 0.170. The van der Waals surface area contributed by atoms with Gasteiger partial charge in [-0.15, -0.1) is 0 Å². The fourth-order valence-electron chi connectivity index (χ4n) is 2.57. The Balaban J connectivity index is 2.02.